The van der Waals surface area contributed by atoms with E-state index >= 15 is 0 Å². The highest BCUT2D eigenvalue weighted by Gasteiger charge is 2.25. The van der Waals surface area contributed by atoms with E-state index in [4.69, 9.17) is 9.47 Å². The van der Waals surface area contributed by atoms with Crippen LogP contribution in [0.2, 0.25) is 0 Å². The van der Waals surface area contributed by atoms with Gasteiger partial charge in [0, 0.05) is 31.0 Å². The van der Waals surface area contributed by atoms with Gasteiger partial charge in [-0.05, 0) is 49.7 Å². The number of morpholine rings is 1. The molecular formula is C26H30FN3O3. The molecule has 1 amide bonds. The van der Waals surface area contributed by atoms with E-state index in [1.165, 1.54) is 6.07 Å². The molecule has 1 atom stereocenters. The maximum atomic E-state index is 14.4. The number of rotatable bonds is 7. The number of hydrogen-bond acceptors (Lipinski definition) is 4. The number of para-hydroxylation sites is 1. The molecular weight excluding hydrogens is 421 g/mol. The highest BCUT2D eigenvalue weighted by molar-refractivity contribution is 5.96. The lowest BCUT2D eigenvalue weighted by Crippen LogP contribution is -2.43. The number of nitrogens with one attached hydrogen (secondary N) is 1. The second-order valence-electron chi connectivity index (χ2n) is 8.22. The van der Waals surface area contributed by atoms with Crippen molar-refractivity contribution in [2.75, 3.05) is 40.0 Å². The molecule has 1 aliphatic rings. The first-order chi connectivity index (χ1) is 16.0. The maximum Gasteiger partial charge on any atom is 0.253 e. The van der Waals surface area contributed by atoms with Crippen LogP contribution in [0.15, 0.2) is 54.6 Å². The molecule has 0 aliphatic carbocycles. The van der Waals surface area contributed by atoms with Crippen molar-refractivity contribution in [3.05, 3.63) is 82.9 Å². The van der Waals surface area contributed by atoms with Gasteiger partial charge in [-0.15, -0.1) is 0 Å². The first kappa shape index (κ1) is 23.0. The third-order valence-corrected chi connectivity index (χ3v) is 6.21. The molecule has 1 N–H and O–H groups in total. The molecule has 0 unspecified atom stereocenters. The summed E-state index contributed by atoms with van der Waals surface area (Å²) in [5.41, 5.74) is 3.61. The van der Waals surface area contributed by atoms with Gasteiger partial charge in [-0.25, -0.2) is 4.39 Å². The quantitative estimate of drug-likeness (QED) is 0.589. The van der Waals surface area contributed by atoms with Crippen LogP contribution in [0.3, 0.4) is 0 Å². The summed E-state index contributed by atoms with van der Waals surface area (Å²) in [5, 5.41) is 3.11. The number of carbonyl (C=O) groups is 1. The summed E-state index contributed by atoms with van der Waals surface area (Å²) in [6.07, 6.45) is 0. The van der Waals surface area contributed by atoms with Crippen LogP contribution in [0, 0.1) is 19.7 Å². The monoisotopic (exact) mass is 451 g/mol. The van der Waals surface area contributed by atoms with Gasteiger partial charge >= 0.3 is 0 Å². The Morgan fingerprint density at radius 3 is 2.48 bits per heavy atom. The Bertz CT molecular complexity index is 1100. The van der Waals surface area contributed by atoms with Crippen molar-refractivity contribution in [3.8, 4) is 11.4 Å². The molecule has 33 heavy (non-hydrogen) atoms. The molecule has 3 aromatic rings. The number of halogens is 1. The van der Waals surface area contributed by atoms with Gasteiger partial charge in [0.1, 0.15) is 11.6 Å². The van der Waals surface area contributed by atoms with Crippen molar-refractivity contribution in [1.82, 2.24) is 14.8 Å². The van der Waals surface area contributed by atoms with Gasteiger partial charge in [-0.1, -0.05) is 24.3 Å². The van der Waals surface area contributed by atoms with E-state index in [0.29, 0.717) is 36.7 Å². The lowest BCUT2D eigenvalue weighted by Gasteiger charge is -2.35. The second-order valence-corrected chi connectivity index (χ2v) is 8.22. The van der Waals surface area contributed by atoms with E-state index < -0.39 is 0 Å². The van der Waals surface area contributed by atoms with Crippen LogP contribution in [0.1, 0.15) is 33.4 Å². The molecule has 4 rings (SSSR count). The number of carbonyl (C=O) groups excluding carboxylic acids is 1. The van der Waals surface area contributed by atoms with Crippen molar-refractivity contribution < 1.29 is 18.7 Å². The number of aromatic nitrogens is 1. The normalized spacial score (nSPS) is 15.3. The van der Waals surface area contributed by atoms with Crippen LogP contribution in [0.25, 0.3) is 5.69 Å². The Kier molecular flexibility index (Phi) is 7.11. The fourth-order valence-electron chi connectivity index (χ4n) is 4.45. The van der Waals surface area contributed by atoms with Gasteiger partial charge in [-0.3, -0.25) is 9.69 Å². The first-order valence-electron chi connectivity index (χ1n) is 11.2. The Hall–Kier alpha value is -3.16. The zero-order valence-electron chi connectivity index (χ0n) is 19.3. The van der Waals surface area contributed by atoms with Crippen molar-refractivity contribution in [1.29, 1.82) is 0 Å². The highest BCUT2D eigenvalue weighted by Crippen LogP contribution is 2.25. The maximum absolute atomic E-state index is 14.4. The van der Waals surface area contributed by atoms with Gasteiger partial charge in [-0.2, -0.15) is 0 Å². The SMILES string of the molecule is COc1ccc([C@@H](CNC(=O)c2cc(C)n(-c3ccccc3F)c2C)N2CCOCC2)cc1. The molecule has 1 aromatic heterocycles. The molecule has 1 saturated heterocycles. The van der Waals surface area contributed by atoms with Crippen LogP contribution >= 0.6 is 0 Å². The van der Waals surface area contributed by atoms with E-state index in [2.05, 4.69) is 10.2 Å². The lowest BCUT2D eigenvalue weighted by molar-refractivity contribution is 0.0162. The van der Waals surface area contributed by atoms with Crippen LogP contribution in [0.5, 0.6) is 5.75 Å². The number of hydrogen-bond donors (Lipinski definition) is 1. The minimum absolute atomic E-state index is 0.0128. The minimum Gasteiger partial charge on any atom is -0.497 e. The topological polar surface area (TPSA) is 55.7 Å². The van der Waals surface area contributed by atoms with Gasteiger partial charge < -0.3 is 19.4 Å². The molecule has 1 aliphatic heterocycles. The summed E-state index contributed by atoms with van der Waals surface area (Å²) in [7, 11) is 1.65. The number of methoxy groups -OCH3 is 1. The minimum atomic E-state index is -0.321. The van der Waals surface area contributed by atoms with Crippen molar-refractivity contribution >= 4 is 5.91 Å². The largest absolute Gasteiger partial charge is 0.497 e. The molecule has 174 valence electrons. The second kappa shape index (κ2) is 10.2. The zero-order chi connectivity index (χ0) is 23.4. The summed E-state index contributed by atoms with van der Waals surface area (Å²) in [5.74, 6) is 0.305. The molecule has 2 aromatic carbocycles. The molecule has 0 bridgehead atoms. The zero-order valence-corrected chi connectivity index (χ0v) is 19.3. The highest BCUT2D eigenvalue weighted by atomic mass is 19.1. The average Bonchev–Trinajstić information content (AvgIpc) is 3.14. The molecule has 0 radical (unpaired) electrons. The average molecular weight is 452 g/mol. The number of nitrogens with zero attached hydrogens (tertiary/aromatic N) is 2. The van der Waals surface area contributed by atoms with Crippen LogP contribution in [-0.4, -0.2) is 55.3 Å². The Labute approximate surface area is 193 Å². The first-order valence-corrected chi connectivity index (χ1v) is 11.2. The molecule has 6 nitrogen and oxygen atoms in total. The fourth-order valence-corrected chi connectivity index (χ4v) is 4.45. The number of amides is 1. The fraction of sp³-hybridized carbons (Fsp3) is 0.346. The van der Waals surface area contributed by atoms with Gasteiger partial charge in [0.05, 0.1) is 37.6 Å². The molecule has 1 fully saturated rings. The van der Waals surface area contributed by atoms with E-state index in [9.17, 15) is 9.18 Å². The van der Waals surface area contributed by atoms with E-state index in [-0.39, 0.29) is 17.8 Å². The number of ether oxygens (including phenoxy) is 2. The van der Waals surface area contributed by atoms with Crippen LogP contribution < -0.4 is 10.1 Å². The smallest absolute Gasteiger partial charge is 0.253 e. The molecule has 0 saturated carbocycles. The van der Waals surface area contributed by atoms with E-state index in [0.717, 1.165) is 30.1 Å². The van der Waals surface area contributed by atoms with E-state index in [1.54, 1.807) is 29.9 Å². The summed E-state index contributed by atoms with van der Waals surface area (Å²) < 4.78 is 27.0. The van der Waals surface area contributed by atoms with Crippen molar-refractivity contribution in [2.45, 2.75) is 19.9 Å². The number of aryl methyl sites for hydroxylation is 1. The Balaban J connectivity index is 1.55. The summed E-state index contributed by atoms with van der Waals surface area (Å²) in [6.45, 7) is 7.12. The molecule has 2 heterocycles. The van der Waals surface area contributed by atoms with Crippen molar-refractivity contribution in [2.24, 2.45) is 0 Å². The summed E-state index contributed by atoms with van der Waals surface area (Å²) in [4.78, 5) is 15.5. The third-order valence-electron chi connectivity index (χ3n) is 6.21. The van der Waals surface area contributed by atoms with Crippen molar-refractivity contribution in [3.63, 3.8) is 0 Å². The van der Waals surface area contributed by atoms with Gasteiger partial charge in [0.2, 0.25) is 0 Å². The lowest BCUT2D eigenvalue weighted by atomic mass is 10.0. The van der Waals surface area contributed by atoms with Gasteiger partial charge in [0.25, 0.3) is 5.91 Å². The van der Waals surface area contributed by atoms with Crippen LogP contribution in [-0.2, 0) is 4.74 Å². The predicted octanol–water partition coefficient (Wildman–Crippen LogP) is 4.05. The third kappa shape index (κ3) is 4.94. The summed E-state index contributed by atoms with van der Waals surface area (Å²) >= 11 is 0. The van der Waals surface area contributed by atoms with E-state index in [1.807, 2.05) is 44.2 Å². The predicted molar refractivity (Wildman–Crippen MR) is 126 cm³/mol. The summed E-state index contributed by atoms with van der Waals surface area (Å²) in [6, 6.07) is 16.4. The Morgan fingerprint density at radius 2 is 1.82 bits per heavy atom. The standard InChI is InChI=1S/C26H30FN3O3/c1-18-16-22(19(2)30(18)24-7-5-4-6-23(24)27)26(31)28-17-25(29-12-14-33-15-13-29)20-8-10-21(32-3)11-9-20/h4-11,16,25H,12-15,17H2,1-3H3,(H,28,31)/t25-/m1/s1. The molecule has 7 heteroatoms. The van der Waals surface area contributed by atoms with Gasteiger partial charge in [0.15, 0.2) is 0 Å². The number of benzene rings is 2. The molecule has 0 spiro atoms. The Morgan fingerprint density at radius 1 is 1.12 bits per heavy atom. The van der Waals surface area contributed by atoms with Crippen LogP contribution in [0.4, 0.5) is 4.39 Å².